The van der Waals surface area contributed by atoms with Gasteiger partial charge in [0.25, 0.3) is 0 Å². The van der Waals surface area contributed by atoms with Gasteiger partial charge in [-0.25, -0.2) is 0 Å². The monoisotopic (exact) mass is 283 g/mol. The maximum absolute atomic E-state index is 10.7. The lowest BCUT2D eigenvalue weighted by Crippen LogP contribution is -2.25. The van der Waals surface area contributed by atoms with Crippen molar-refractivity contribution >= 4 is 27.9 Å². The maximum atomic E-state index is 10.7. The van der Waals surface area contributed by atoms with Gasteiger partial charge in [0.2, 0.25) is 0 Å². The Balaban J connectivity index is 2.19. The van der Waals surface area contributed by atoms with E-state index in [1.807, 2.05) is 18.2 Å². The number of ether oxygens (including phenoxy) is 1. The molecule has 86 valence electrons. The van der Waals surface area contributed by atoms with E-state index in [0.29, 0.717) is 5.56 Å². The van der Waals surface area contributed by atoms with Gasteiger partial charge < -0.3 is 9.64 Å². The van der Waals surface area contributed by atoms with Crippen molar-refractivity contribution in [1.82, 2.24) is 0 Å². The highest BCUT2D eigenvalue weighted by atomic mass is 79.9. The summed E-state index contributed by atoms with van der Waals surface area (Å²) < 4.78 is 6.26. The van der Waals surface area contributed by atoms with Crippen molar-refractivity contribution in [3.05, 3.63) is 28.2 Å². The first-order valence-corrected chi connectivity index (χ1v) is 6.18. The fourth-order valence-corrected chi connectivity index (χ4v) is 2.27. The number of hydrogen-bond donors (Lipinski definition) is 0. The van der Waals surface area contributed by atoms with Gasteiger partial charge in [-0.05, 0) is 40.5 Å². The molecule has 0 aromatic heterocycles. The smallest absolute Gasteiger partial charge is 0.151 e. The van der Waals surface area contributed by atoms with Crippen LogP contribution in [0.25, 0.3) is 0 Å². The SMILES string of the molecule is O=Cc1ccc(N2CCCOCC2)cc1Br. The van der Waals surface area contributed by atoms with E-state index in [2.05, 4.69) is 20.8 Å². The summed E-state index contributed by atoms with van der Waals surface area (Å²) in [6, 6.07) is 5.83. The highest BCUT2D eigenvalue weighted by Crippen LogP contribution is 2.23. The molecule has 0 N–H and O–H groups in total. The summed E-state index contributed by atoms with van der Waals surface area (Å²) in [4.78, 5) is 13.0. The highest BCUT2D eigenvalue weighted by Gasteiger charge is 2.11. The topological polar surface area (TPSA) is 29.5 Å². The summed E-state index contributed by atoms with van der Waals surface area (Å²) in [5, 5.41) is 0. The normalized spacial score (nSPS) is 16.9. The van der Waals surface area contributed by atoms with Crippen LogP contribution in [0.3, 0.4) is 0 Å². The predicted molar refractivity (Wildman–Crippen MR) is 67.2 cm³/mol. The molecule has 2 rings (SSSR count). The van der Waals surface area contributed by atoms with Crippen LogP contribution in [0.2, 0.25) is 0 Å². The quantitative estimate of drug-likeness (QED) is 0.781. The molecule has 3 nitrogen and oxygen atoms in total. The molecule has 1 aromatic rings. The molecule has 1 fully saturated rings. The molecule has 16 heavy (non-hydrogen) atoms. The second kappa shape index (κ2) is 5.46. The first-order valence-electron chi connectivity index (χ1n) is 5.38. The van der Waals surface area contributed by atoms with Gasteiger partial charge in [0.05, 0.1) is 6.61 Å². The van der Waals surface area contributed by atoms with Gasteiger partial charge in [-0.3, -0.25) is 4.79 Å². The minimum atomic E-state index is 0.690. The number of halogens is 1. The fourth-order valence-electron chi connectivity index (χ4n) is 1.81. The minimum absolute atomic E-state index is 0.690. The van der Waals surface area contributed by atoms with Crippen LogP contribution in [-0.2, 0) is 4.74 Å². The average molecular weight is 284 g/mol. The first kappa shape index (κ1) is 11.6. The second-order valence-corrected chi connectivity index (χ2v) is 4.63. The molecule has 0 atom stereocenters. The molecule has 1 saturated heterocycles. The Morgan fingerprint density at radius 1 is 1.31 bits per heavy atom. The van der Waals surface area contributed by atoms with Crippen LogP contribution in [-0.4, -0.2) is 32.6 Å². The van der Waals surface area contributed by atoms with Gasteiger partial charge >= 0.3 is 0 Å². The Labute approximate surface area is 104 Å². The maximum Gasteiger partial charge on any atom is 0.151 e. The van der Waals surface area contributed by atoms with Crippen LogP contribution < -0.4 is 4.90 Å². The summed E-state index contributed by atoms with van der Waals surface area (Å²) in [7, 11) is 0. The molecular weight excluding hydrogens is 270 g/mol. The number of nitrogens with zero attached hydrogens (tertiary/aromatic N) is 1. The van der Waals surface area contributed by atoms with Crippen LogP contribution in [0.5, 0.6) is 0 Å². The van der Waals surface area contributed by atoms with Crippen molar-refractivity contribution in [2.45, 2.75) is 6.42 Å². The zero-order valence-corrected chi connectivity index (χ0v) is 10.6. The largest absolute Gasteiger partial charge is 0.380 e. The standard InChI is InChI=1S/C12H14BrNO2/c13-12-8-11(3-2-10(12)9-15)14-4-1-6-16-7-5-14/h2-3,8-9H,1,4-7H2. The van der Waals surface area contributed by atoms with Crippen LogP contribution >= 0.6 is 15.9 Å². The molecule has 0 saturated carbocycles. The molecule has 0 bridgehead atoms. The minimum Gasteiger partial charge on any atom is -0.380 e. The van der Waals surface area contributed by atoms with Crippen molar-refractivity contribution in [2.24, 2.45) is 0 Å². The summed E-state index contributed by atoms with van der Waals surface area (Å²) >= 11 is 3.40. The van der Waals surface area contributed by atoms with Crippen molar-refractivity contribution in [3.63, 3.8) is 0 Å². The number of hydrogen-bond acceptors (Lipinski definition) is 3. The Morgan fingerprint density at radius 2 is 2.19 bits per heavy atom. The van der Waals surface area contributed by atoms with Gasteiger partial charge in [-0.1, -0.05) is 0 Å². The molecule has 0 spiro atoms. The van der Waals surface area contributed by atoms with E-state index in [9.17, 15) is 4.79 Å². The highest BCUT2D eigenvalue weighted by molar-refractivity contribution is 9.10. The van der Waals surface area contributed by atoms with Gasteiger partial charge in [-0.2, -0.15) is 0 Å². The zero-order valence-electron chi connectivity index (χ0n) is 8.99. The third-order valence-corrected chi connectivity index (χ3v) is 3.39. The zero-order chi connectivity index (χ0) is 11.4. The molecule has 1 aliphatic heterocycles. The molecule has 0 radical (unpaired) electrons. The first-order chi connectivity index (χ1) is 7.81. The number of rotatable bonds is 2. The van der Waals surface area contributed by atoms with Crippen LogP contribution in [0.1, 0.15) is 16.8 Å². The molecule has 0 unspecified atom stereocenters. The van der Waals surface area contributed by atoms with Crippen LogP contribution in [0.4, 0.5) is 5.69 Å². The number of carbonyl (C=O) groups excluding carboxylic acids is 1. The third-order valence-electron chi connectivity index (χ3n) is 2.70. The number of aldehydes is 1. The van der Waals surface area contributed by atoms with Crippen molar-refractivity contribution in [2.75, 3.05) is 31.2 Å². The molecule has 0 aliphatic carbocycles. The Bertz CT molecular complexity index is 373. The molecule has 1 heterocycles. The van der Waals surface area contributed by atoms with E-state index >= 15 is 0 Å². The van der Waals surface area contributed by atoms with E-state index in [1.165, 1.54) is 0 Å². The second-order valence-electron chi connectivity index (χ2n) is 3.78. The number of benzene rings is 1. The van der Waals surface area contributed by atoms with Gasteiger partial charge in [0.1, 0.15) is 0 Å². The van der Waals surface area contributed by atoms with Crippen LogP contribution in [0, 0.1) is 0 Å². The molecule has 1 aliphatic rings. The molecular formula is C12H14BrNO2. The Hall–Kier alpha value is -0.870. The summed E-state index contributed by atoms with van der Waals surface area (Å²) in [5.74, 6) is 0. The lowest BCUT2D eigenvalue weighted by Gasteiger charge is -2.22. The van der Waals surface area contributed by atoms with Crippen molar-refractivity contribution in [1.29, 1.82) is 0 Å². The Kier molecular flexibility index (Phi) is 3.96. The third kappa shape index (κ3) is 2.62. The summed E-state index contributed by atoms with van der Waals surface area (Å²) in [6.07, 6.45) is 1.91. The average Bonchev–Trinajstić information content (AvgIpc) is 2.57. The van der Waals surface area contributed by atoms with Gasteiger partial charge in [-0.15, -0.1) is 0 Å². The molecule has 0 amide bonds. The lowest BCUT2D eigenvalue weighted by molar-refractivity contribution is 0.112. The number of carbonyl (C=O) groups is 1. The van der Waals surface area contributed by atoms with Crippen molar-refractivity contribution in [3.8, 4) is 0 Å². The number of anilines is 1. The van der Waals surface area contributed by atoms with E-state index in [1.54, 1.807) is 0 Å². The molecule has 1 aromatic carbocycles. The van der Waals surface area contributed by atoms with Crippen LogP contribution in [0.15, 0.2) is 22.7 Å². The molecule has 4 heteroatoms. The van der Waals surface area contributed by atoms with Gasteiger partial charge in [0, 0.05) is 35.4 Å². The van der Waals surface area contributed by atoms with E-state index in [4.69, 9.17) is 4.74 Å². The summed E-state index contributed by atoms with van der Waals surface area (Å²) in [5.41, 5.74) is 1.83. The van der Waals surface area contributed by atoms with E-state index in [-0.39, 0.29) is 0 Å². The summed E-state index contributed by atoms with van der Waals surface area (Å²) in [6.45, 7) is 3.52. The van der Waals surface area contributed by atoms with Crippen molar-refractivity contribution < 1.29 is 9.53 Å². The lowest BCUT2D eigenvalue weighted by atomic mass is 10.2. The fraction of sp³-hybridized carbons (Fsp3) is 0.417. The van der Waals surface area contributed by atoms with E-state index < -0.39 is 0 Å². The van der Waals surface area contributed by atoms with E-state index in [0.717, 1.165) is 49.2 Å². The predicted octanol–water partition coefficient (Wildman–Crippen LogP) is 2.49. The Morgan fingerprint density at radius 3 is 2.94 bits per heavy atom. The van der Waals surface area contributed by atoms with Gasteiger partial charge in [0.15, 0.2) is 6.29 Å².